The van der Waals surface area contributed by atoms with Crippen LogP contribution in [0.15, 0.2) is 30.3 Å². The number of anilines is 1. The third kappa shape index (κ3) is 2.54. The Bertz CT molecular complexity index is 703. The van der Waals surface area contributed by atoms with Crippen molar-refractivity contribution < 1.29 is 8.42 Å². The second-order valence-electron chi connectivity index (χ2n) is 8.83. The largest absolute Gasteiger partial charge is 0.369 e. The molecule has 1 aliphatic heterocycles. The third-order valence-corrected chi connectivity index (χ3v) is 9.87. The highest BCUT2D eigenvalue weighted by atomic mass is 32.2. The van der Waals surface area contributed by atoms with E-state index in [1.165, 1.54) is 24.9 Å². The molecule has 4 bridgehead atoms. The first-order valence-electron chi connectivity index (χ1n) is 9.85. The maximum atomic E-state index is 13.6. The molecule has 25 heavy (non-hydrogen) atoms. The number of rotatable bonds is 3. The number of hydrogen-bond acceptors (Lipinski definition) is 3. The van der Waals surface area contributed by atoms with Crippen LogP contribution in [-0.4, -0.2) is 43.6 Å². The number of piperazine rings is 1. The predicted molar refractivity (Wildman–Crippen MR) is 100 cm³/mol. The molecule has 1 heterocycles. The maximum Gasteiger partial charge on any atom is 0.220 e. The highest BCUT2D eigenvalue weighted by Gasteiger charge is 2.58. The fourth-order valence-electron chi connectivity index (χ4n) is 6.45. The zero-order chi connectivity index (χ0) is 17.1. The van der Waals surface area contributed by atoms with Gasteiger partial charge < -0.3 is 4.90 Å². The summed E-state index contributed by atoms with van der Waals surface area (Å²) in [5.41, 5.74) is 1.20. The quantitative estimate of drug-likeness (QED) is 0.832. The fourth-order valence-corrected chi connectivity index (χ4v) is 8.98. The van der Waals surface area contributed by atoms with Gasteiger partial charge in [-0.05, 0) is 68.4 Å². The molecular formula is C20H28N2O2S. The van der Waals surface area contributed by atoms with E-state index in [1.54, 1.807) is 0 Å². The van der Waals surface area contributed by atoms with Gasteiger partial charge in [0.1, 0.15) is 0 Å². The first kappa shape index (κ1) is 16.1. The summed E-state index contributed by atoms with van der Waals surface area (Å²) < 4.78 is 28.6. The molecule has 1 aromatic carbocycles. The van der Waals surface area contributed by atoms with Crippen molar-refractivity contribution >= 4 is 15.7 Å². The summed E-state index contributed by atoms with van der Waals surface area (Å²) in [7, 11) is -3.18. The van der Waals surface area contributed by atoms with Crippen molar-refractivity contribution in [1.29, 1.82) is 0 Å². The molecule has 0 atom stereocenters. The average molecular weight is 361 g/mol. The van der Waals surface area contributed by atoms with E-state index in [4.69, 9.17) is 0 Å². The Hall–Kier alpha value is -1.07. The standard InChI is InChI=1S/C20H28N2O2S/c23-25(24,20-13-16-10-17(14-20)12-18(11-16)15-20)22-8-6-21(7-9-22)19-4-2-1-3-5-19/h1-5,16-18H,6-15H2. The molecule has 0 aromatic heterocycles. The Morgan fingerprint density at radius 3 is 1.84 bits per heavy atom. The van der Waals surface area contributed by atoms with Gasteiger partial charge in [0, 0.05) is 31.9 Å². The van der Waals surface area contributed by atoms with Crippen molar-refractivity contribution in [3.05, 3.63) is 30.3 Å². The minimum atomic E-state index is -3.18. The minimum Gasteiger partial charge on any atom is -0.369 e. The van der Waals surface area contributed by atoms with E-state index >= 15 is 0 Å². The lowest BCUT2D eigenvalue weighted by atomic mass is 9.56. The van der Waals surface area contributed by atoms with E-state index in [9.17, 15) is 8.42 Å². The summed E-state index contributed by atoms with van der Waals surface area (Å²) in [5.74, 6) is 2.02. The van der Waals surface area contributed by atoms with E-state index in [0.29, 0.717) is 30.8 Å². The third-order valence-electron chi connectivity index (χ3n) is 7.23. The molecule has 5 aliphatic rings. The van der Waals surface area contributed by atoms with Gasteiger partial charge in [0.25, 0.3) is 0 Å². The van der Waals surface area contributed by atoms with Crippen LogP contribution in [0.1, 0.15) is 38.5 Å². The fraction of sp³-hybridized carbons (Fsp3) is 0.700. The lowest BCUT2D eigenvalue weighted by Gasteiger charge is -2.57. The van der Waals surface area contributed by atoms with Crippen LogP contribution in [0.25, 0.3) is 0 Å². The van der Waals surface area contributed by atoms with E-state index in [0.717, 1.165) is 32.4 Å². The van der Waals surface area contributed by atoms with Crippen molar-refractivity contribution in [1.82, 2.24) is 4.31 Å². The Morgan fingerprint density at radius 1 is 0.800 bits per heavy atom. The van der Waals surface area contributed by atoms with Crippen molar-refractivity contribution in [3.63, 3.8) is 0 Å². The Kier molecular flexibility index (Phi) is 3.69. The van der Waals surface area contributed by atoms with Gasteiger partial charge in [-0.25, -0.2) is 8.42 Å². The van der Waals surface area contributed by atoms with Crippen molar-refractivity contribution in [2.75, 3.05) is 31.1 Å². The molecule has 0 unspecified atom stereocenters. The van der Waals surface area contributed by atoms with Gasteiger partial charge in [0.15, 0.2) is 0 Å². The van der Waals surface area contributed by atoms with E-state index in [1.807, 2.05) is 22.5 Å². The summed E-state index contributed by atoms with van der Waals surface area (Å²) in [6, 6.07) is 10.4. The van der Waals surface area contributed by atoms with Crippen LogP contribution in [0.5, 0.6) is 0 Å². The first-order chi connectivity index (χ1) is 12.1. The van der Waals surface area contributed by atoms with Crippen LogP contribution in [0.3, 0.4) is 0 Å². The summed E-state index contributed by atoms with van der Waals surface area (Å²) in [6.45, 7) is 2.88. The molecule has 4 nitrogen and oxygen atoms in total. The van der Waals surface area contributed by atoms with Gasteiger partial charge in [0.2, 0.25) is 10.0 Å². The normalized spacial score (nSPS) is 38.2. The minimum absolute atomic E-state index is 0.420. The topological polar surface area (TPSA) is 40.6 Å². The van der Waals surface area contributed by atoms with Gasteiger partial charge in [-0.15, -0.1) is 0 Å². The molecule has 0 radical (unpaired) electrons. The van der Waals surface area contributed by atoms with E-state index in [2.05, 4.69) is 17.0 Å². The summed E-state index contributed by atoms with van der Waals surface area (Å²) in [5, 5.41) is 0. The Balaban J connectivity index is 1.34. The second-order valence-corrected chi connectivity index (χ2v) is 11.2. The van der Waals surface area contributed by atoms with Crippen molar-refractivity contribution in [3.8, 4) is 0 Å². The van der Waals surface area contributed by atoms with Crippen molar-refractivity contribution in [2.24, 2.45) is 17.8 Å². The van der Waals surface area contributed by atoms with Gasteiger partial charge >= 0.3 is 0 Å². The van der Waals surface area contributed by atoms with Gasteiger partial charge in [-0.1, -0.05) is 18.2 Å². The van der Waals surface area contributed by atoms with Gasteiger partial charge in [-0.2, -0.15) is 4.31 Å². The summed E-state index contributed by atoms with van der Waals surface area (Å²) in [4.78, 5) is 2.31. The zero-order valence-electron chi connectivity index (χ0n) is 14.8. The van der Waals surface area contributed by atoms with Crippen LogP contribution in [-0.2, 0) is 10.0 Å². The Morgan fingerprint density at radius 2 is 1.32 bits per heavy atom. The molecule has 4 saturated carbocycles. The summed E-state index contributed by atoms with van der Waals surface area (Å²) in [6.07, 6.45) is 6.66. The lowest BCUT2D eigenvalue weighted by Crippen LogP contribution is -2.61. The van der Waals surface area contributed by atoms with Crippen molar-refractivity contribution in [2.45, 2.75) is 43.3 Å². The van der Waals surface area contributed by atoms with E-state index in [-0.39, 0.29) is 0 Å². The summed E-state index contributed by atoms with van der Waals surface area (Å²) >= 11 is 0. The zero-order valence-corrected chi connectivity index (χ0v) is 15.6. The van der Waals surface area contributed by atoms with Gasteiger partial charge in [-0.3, -0.25) is 0 Å². The highest BCUT2D eigenvalue weighted by molar-refractivity contribution is 7.90. The number of hydrogen-bond donors (Lipinski definition) is 0. The smallest absolute Gasteiger partial charge is 0.220 e. The molecule has 0 amide bonds. The second kappa shape index (κ2) is 5.71. The van der Waals surface area contributed by atoms with Crippen LogP contribution in [0.2, 0.25) is 0 Å². The highest BCUT2D eigenvalue weighted by Crippen LogP contribution is 2.59. The molecule has 0 N–H and O–H groups in total. The number of nitrogens with zero attached hydrogens (tertiary/aromatic N) is 2. The SMILES string of the molecule is O=S(=O)(N1CCN(c2ccccc2)CC1)C12CC3CC(CC(C3)C1)C2. The number of para-hydroxylation sites is 1. The maximum absolute atomic E-state index is 13.6. The molecule has 136 valence electrons. The molecule has 1 aromatic rings. The number of sulfonamides is 1. The van der Waals surface area contributed by atoms with Crippen LogP contribution in [0.4, 0.5) is 5.69 Å². The molecular weight excluding hydrogens is 332 g/mol. The monoisotopic (exact) mass is 360 g/mol. The molecule has 4 aliphatic carbocycles. The van der Waals surface area contributed by atoms with Crippen LogP contribution < -0.4 is 4.90 Å². The average Bonchev–Trinajstić information content (AvgIpc) is 2.61. The molecule has 0 spiro atoms. The van der Waals surface area contributed by atoms with E-state index < -0.39 is 14.8 Å². The molecule has 5 heteroatoms. The molecule has 1 saturated heterocycles. The Labute approximate surface area is 151 Å². The lowest BCUT2D eigenvalue weighted by molar-refractivity contribution is 0.0311. The van der Waals surface area contributed by atoms with Gasteiger partial charge in [0.05, 0.1) is 4.75 Å². The van der Waals surface area contributed by atoms with Crippen LogP contribution in [0, 0.1) is 17.8 Å². The van der Waals surface area contributed by atoms with Crippen LogP contribution >= 0.6 is 0 Å². The molecule has 5 fully saturated rings. The number of benzene rings is 1. The predicted octanol–water partition coefficient (Wildman–Crippen LogP) is 3.11. The first-order valence-corrected chi connectivity index (χ1v) is 11.3. The molecule has 6 rings (SSSR count).